The summed E-state index contributed by atoms with van der Waals surface area (Å²) in [5, 5.41) is 20.4. The third-order valence-corrected chi connectivity index (χ3v) is 3.40. The number of hydrogen-bond donors (Lipinski definition) is 3. The zero-order valence-corrected chi connectivity index (χ0v) is 12.1. The molecule has 1 heterocycles. The van der Waals surface area contributed by atoms with Gasteiger partial charge in [-0.15, -0.1) is 0 Å². The van der Waals surface area contributed by atoms with E-state index in [1.807, 2.05) is 44.2 Å². The maximum Gasteiger partial charge on any atom is 0.0924 e. The predicted octanol–water partition coefficient (Wildman–Crippen LogP) is 2.57. The Labute approximate surface area is 120 Å². The Morgan fingerprint density at radius 3 is 2.70 bits per heavy atom. The highest BCUT2D eigenvalue weighted by atomic mass is 16.3. The van der Waals surface area contributed by atoms with Crippen molar-refractivity contribution in [2.75, 3.05) is 6.54 Å². The number of aliphatic hydroxyl groups excluding tert-OH is 1. The molecule has 0 radical (unpaired) electrons. The summed E-state index contributed by atoms with van der Waals surface area (Å²) in [7, 11) is 0. The van der Waals surface area contributed by atoms with Gasteiger partial charge in [-0.2, -0.15) is 5.10 Å². The van der Waals surface area contributed by atoms with Crippen LogP contribution in [-0.2, 0) is 6.54 Å². The SMILES string of the molecule is CC(C)C(O)CCNCc1cc(-c2ccccc2)n[nH]1. The standard InChI is InChI=1S/C16H23N3O/c1-12(2)16(20)8-9-17-11-14-10-15(19-18-14)13-6-4-3-5-7-13/h3-7,10,12,16-17,20H,8-9,11H2,1-2H3,(H,18,19). The van der Waals surface area contributed by atoms with Crippen LogP contribution in [-0.4, -0.2) is 28.0 Å². The number of aromatic amines is 1. The van der Waals surface area contributed by atoms with Crippen LogP contribution < -0.4 is 5.32 Å². The van der Waals surface area contributed by atoms with E-state index in [2.05, 4.69) is 21.6 Å². The molecule has 0 aliphatic rings. The molecule has 0 saturated heterocycles. The lowest BCUT2D eigenvalue weighted by atomic mass is 10.0. The summed E-state index contributed by atoms with van der Waals surface area (Å²) in [6, 6.07) is 12.2. The molecule has 0 amide bonds. The summed E-state index contributed by atoms with van der Waals surface area (Å²) in [5.41, 5.74) is 3.14. The van der Waals surface area contributed by atoms with Gasteiger partial charge in [0.05, 0.1) is 11.8 Å². The Morgan fingerprint density at radius 2 is 2.00 bits per heavy atom. The second-order valence-corrected chi connectivity index (χ2v) is 5.42. The number of H-pyrrole nitrogens is 1. The largest absolute Gasteiger partial charge is 0.393 e. The highest BCUT2D eigenvalue weighted by Crippen LogP contribution is 2.16. The predicted molar refractivity (Wildman–Crippen MR) is 81.2 cm³/mol. The smallest absolute Gasteiger partial charge is 0.0924 e. The van der Waals surface area contributed by atoms with Gasteiger partial charge in [0.2, 0.25) is 0 Å². The van der Waals surface area contributed by atoms with Gasteiger partial charge in [-0.05, 0) is 24.9 Å². The van der Waals surface area contributed by atoms with Gasteiger partial charge >= 0.3 is 0 Å². The highest BCUT2D eigenvalue weighted by Gasteiger charge is 2.08. The maximum absolute atomic E-state index is 9.72. The van der Waals surface area contributed by atoms with Gasteiger partial charge in [0.15, 0.2) is 0 Å². The van der Waals surface area contributed by atoms with E-state index in [0.29, 0.717) is 5.92 Å². The Balaban J connectivity index is 1.79. The molecular formula is C16H23N3O. The Kier molecular flexibility index (Phi) is 5.32. The highest BCUT2D eigenvalue weighted by molar-refractivity contribution is 5.58. The van der Waals surface area contributed by atoms with E-state index in [4.69, 9.17) is 0 Å². The third-order valence-electron chi connectivity index (χ3n) is 3.40. The monoisotopic (exact) mass is 273 g/mol. The summed E-state index contributed by atoms with van der Waals surface area (Å²) >= 11 is 0. The zero-order chi connectivity index (χ0) is 14.4. The minimum absolute atomic E-state index is 0.232. The number of nitrogens with zero attached hydrogens (tertiary/aromatic N) is 1. The maximum atomic E-state index is 9.72. The summed E-state index contributed by atoms with van der Waals surface area (Å²) in [6.07, 6.45) is 0.543. The molecule has 1 aromatic heterocycles. The summed E-state index contributed by atoms with van der Waals surface area (Å²) in [4.78, 5) is 0. The number of rotatable bonds is 7. The zero-order valence-electron chi connectivity index (χ0n) is 12.1. The van der Waals surface area contributed by atoms with Gasteiger partial charge in [0.1, 0.15) is 0 Å². The average molecular weight is 273 g/mol. The van der Waals surface area contributed by atoms with Crippen molar-refractivity contribution in [1.29, 1.82) is 0 Å². The van der Waals surface area contributed by atoms with Crippen LogP contribution in [0.25, 0.3) is 11.3 Å². The van der Waals surface area contributed by atoms with Crippen LogP contribution in [0.1, 0.15) is 26.0 Å². The molecule has 20 heavy (non-hydrogen) atoms. The first-order valence-electron chi connectivity index (χ1n) is 7.15. The number of nitrogens with one attached hydrogen (secondary N) is 2. The quantitative estimate of drug-likeness (QED) is 0.679. The molecule has 0 spiro atoms. The van der Waals surface area contributed by atoms with E-state index < -0.39 is 0 Å². The third kappa shape index (κ3) is 4.18. The normalized spacial score (nSPS) is 12.8. The number of aromatic nitrogens is 2. The molecule has 1 atom stereocenters. The minimum Gasteiger partial charge on any atom is -0.393 e. The topological polar surface area (TPSA) is 60.9 Å². The second-order valence-electron chi connectivity index (χ2n) is 5.42. The van der Waals surface area contributed by atoms with Gasteiger partial charge in [0, 0.05) is 17.8 Å². The molecular weight excluding hydrogens is 250 g/mol. The second kappa shape index (κ2) is 7.22. The first-order valence-corrected chi connectivity index (χ1v) is 7.15. The van der Waals surface area contributed by atoms with Crippen molar-refractivity contribution in [3.8, 4) is 11.3 Å². The van der Waals surface area contributed by atoms with Crippen molar-refractivity contribution >= 4 is 0 Å². The van der Waals surface area contributed by atoms with Crippen LogP contribution in [0.5, 0.6) is 0 Å². The fraction of sp³-hybridized carbons (Fsp3) is 0.438. The molecule has 0 saturated carbocycles. The lowest BCUT2D eigenvalue weighted by molar-refractivity contribution is 0.116. The van der Waals surface area contributed by atoms with E-state index >= 15 is 0 Å². The molecule has 2 rings (SSSR count). The van der Waals surface area contributed by atoms with Crippen molar-refractivity contribution in [1.82, 2.24) is 15.5 Å². The minimum atomic E-state index is -0.232. The van der Waals surface area contributed by atoms with Crippen LogP contribution in [0, 0.1) is 5.92 Å². The Hall–Kier alpha value is -1.65. The van der Waals surface area contributed by atoms with Crippen molar-refractivity contribution in [2.24, 2.45) is 5.92 Å². The van der Waals surface area contributed by atoms with Crippen LogP contribution in [0.2, 0.25) is 0 Å². The van der Waals surface area contributed by atoms with Crippen LogP contribution in [0.15, 0.2) is 36.4 Å². The van der Waals surface area contributed by atoms with Gasteiger partial charge in [-0.1, -0.05) is 44.2 Å². The lowest BCUT2D eigenvalue weighted by Gasteiger charge is -2.14. The fourth-order valence-corrected chi connectivity index (χ4v) is 2.02. The van der Waals surface area contributed by atoms with Crippen LogP contribution in [0.4, 0.5) is 0 Å². The molecule has 2 aromatic rings. The van der Waals surface area contributed by atoms with Crippen LogP contribution >= 0.6 is 0 Å². The van der Waals surface area contributed by atoms with Gasteiger partial charge < -0.3 is 10.4 Å². The summed E-state index contributed by atoms with van der Waals surface area (Å²) < 4.78 is 0. The fourth-order valence-electron chi connectivity index (χ4n) is 2.02. The summed E-state index contributed by atoms with van der Waals surface area (Å²) in [6.45, 7) is 5.61. The molecule has 0 bridgehead atoms. The van der Waals surface area contributed by atoms with Gasteiger partial charge in [-0.3, -0.25) is 5.10 Å². The van der Waals surface area contributed by atoms with E-state index in [-0.39, 0.29) is 6.10 Å². The first kappa shape index (κ1) is 14.8. The van der Waals surface area contributed by atoms with Crippen molar-refractivity contribution in [3.63, 3.8) is 0 Å². The number of benzene rings is 1. The van der Waals surface area contributed by atoms with Crippen molar-refractivity contribution in [2.45, 2.75) is 32.9 Å². The van der Waals surface area contributed by atoms with Crippen molar-refractivity contribution in [3.05, 3.63) is 42.1 Å². The molecule has 4 heteroatoms. The van der Waals surface area contributed by atoms with Crippen molar-refractivity contribution < 1.29 is 5.11 Å². The number of aliphatic hydroxyl groups is 1. The van der Waals surface area contributed by atoms with E-state index in [0.717, 1.165) is 36.5 Å². The van der Waals surface area contributed by atoms with E-state index in [1.54, 1.807) is 0 Å². The lowest BCUT2D eigenvalue weighted by Crippen LogP contribution is -2.23. The average Bonchev–Trinajstić information content (AvgIpc) is 2.93. The molecule has 4 nitrogen and oxygen atoms in total. The molecule has 1 unspecified atom stereocenters. The number of hydrogen-bond acceptors (Lipinski definition) is 3. The molecule has 1 aromatic carbocycles. The molecule has 3 N–H and O–H groups in total. The van der Waals surface area contributed by atoms with E-state index in [1.165, 1.54) is 0 Å². The van der Waals surface area contributed by atoms with Crippen LogP contribution in [0.3, 0.4) is 0 Å². The summed E-state index contributed by atoms with van der Waals surface area (Å²) in [5.74, 6) is 0.314. The molecule has 0 aliphatic heterocycles. The molecule has 0 aliphatic carbocycles. The van der Waals surface area contributed by atoms with Gasteiger partial charge in [0.25, 0.3) is 0 Å². The Morgan fingerprint density at radius 1 is 1.25 bits per heavy atom. The van der Waals surface area contributed by atoms with Gasteiger partial charge in [-0.25, -0.2) is 0 Å². The molecule has 0 fully saturated rings. The molecule has 108 valence electrons. The Bertz CT molecular complexity index is 507. The van der Waals surface area contributed by atoms with E-state index in [9.17, 15) is 5.11 Å². The first-order chi connectivity index (χ1) is 9.66.